The third-order valence-corrected chi connectivity index (χ3v) is 4.25. The highest BCUT2D eigenvalue weighted by molar-refractivity contribution is 9.10. The van der Waals surface area contributed by atoms with E-state index in [1.807, 2.05) is 43.4 Å². The van der Waals surface area contributed by atoms with Crippen molar-refractivity contribution in [3.63, 3.8) is 0 Å². The first-order valence-corrected chi connectivity index (χ1v) is 7.79. The lowest BCUT2D eigenvalue weighted by atomic mass is 10.0. The molecule has 0 aliphatic heterocycles. The van der Waals surface area contributed by atoms with Gasteiger partial charge in [0.25, 0.3) is 0 Å². The van der Waals surface area contributed by atoms with E-state index in [0.29, 0.717) is 6.54 Å². The van der Waals surface area contributed by atoms with E-state index in [1.54, 1.807) is 6.07 Å². The summed E-state index contributed by atoms with van der Waals surface area (Å²) in [7, 11) is 1.99. The van der Waals surface area contributed by atoms with Crippen LogP contribution in [0.25, 0.3) is 0 Å². The van der Waals surface area contributed by atoms with Crippen molar-refractivity contribution in [3.8, 4) is 0 Å². The molecule has 1 atom stereocenters. The van der Waals surface area contributed by atoms with Crippen molar-refractivity contribution >= 4 is 15.9 Å². The lowest BCUT2D eigenvalue weighted by molar-refractivity contribution is 0.306. The summed E-state index contributed by atoms with van der Waals surface area (Å²) in [5, 5.41) is 0. The Balaban J connectivity index is 1.88. The van der Waals surface area contributed by atoms with Gasteiger partial charge in [-0.25, -0.2) is 4.39 Å². The van der Waals surface area contributed by atoms with E-state index in [2.05, 4.69) is 20.8 Å². The van der Waals surface area contributed by atoms with Crippen LogP contribution in [0.2, 0.25) is 0 Å². The van der Waals surface area contributed by atoms with Crippen molar-refractivity contribution in [1.82, 2.24) is 4.90 Å². The molecule has 0 heterocycles. The third-order valence-electron chi connectivity index (χ3n) is 3.52. The molecule has 1 unspecified atom stereocenters. The van der Waals surface area contributed by atoms with E-state index in [1.165, 1.54) is 6.07 Å². The normalized spacial score (nSPS) is 12.6. The van der Waals surface area contributed by atoms with Gasteiger partial charge in [-0.3, -0.25) is 0 Å². The summed E-state index contributed by atoms with van der Waals surface area (Å²) in [6.07, 6.45) is 0.827. The molecular formula is C17H20BrFN2. The Morgan fingerprint density at radius 3 is 2.52 bits per heavy atom. The average Bonchev–Trinajstić information content (AvgIpc) is 2.48. The maximum absolute atomic E-state index is 13.6. The van der Waals surface area contributed by atoms with Crippen LogP contribution in [0.15, 0.2) is 53.0 Å². The molecule has 2 aromatic carbocycles. The molecule has 2 aromatic rings. The quantitative estimate of drug-likeness (QED) is 0.849. The average molecular weight is 351 g/mol. The van der Waals surface area contributed by atoms with E-state index in [0.717, 1.165) is 28.6 Å². The highest BCUT2D eigenvalue weighted by Crippen LogP contribution is 2.23. The standard InChI is InChI=1S/C17H20BrFN2/c1-21(12-13-6-2-5-9-16(13)19)11-10-17(20)14-7-3-4-8-15(14)18/h2-9,17H,10-12,20H2,1H3. The van der Waals surface area contributed by atoms with E-state index in [4.69, 9.17) is 5.73 Å². The summed E-state index contributed by atoms with van der Waals surface area (Å²) < 4.78 is 14.6. The van der Waals surface area contributed by atoms with E-state index in [-0.39, 0.29) is 11.9 Å². The molecule has 2 rings (SSSR count). The minimum atomic E-state index is -0.153. The Morgan fingerprint density at radius 1 is 1.14 bits per heavy atom. The maximum atomic E-state index is 13.6. The molecule has 2 N–H and O–H groups in total. The number of nitrogens with two attached hydrogens (primary N) is 1. The highest BCUT2D eigenvalue weighted by atomic mass is 79.9. The summed E-state index contributed by atoms with van der Waals surface area (Å²) >= 11 is 3.52. The van der Waals surface area contributed by atoms with Crippen molar-refractivity contribution in [2.24, 2.45) is 5.73 Å². The summed E-state index contributed by atoms with van der Waals surface area (Å²) in [6.45, 7) is 1.41. The molecule has 2 nitrogen and oxygen atoms in total. The van der Waals surface area contributed by atoms with Gasteiger partial charge in [-0.1, -0.05) is 52.3 Å². The van der Waals surface area contributed by atoms with Crippen LogP contribution in [0.3, 0.4) is 0 Å². The number of hydrogen-bond donors (Lipinski definition) is 1. The van der Waals surface area contributed by atoms with Gasteiger partial charge in [0.1, 0.15) is 5.82 Å². The van der Waals surface area contributed by atoms with Gasteiger partial charge in [0.2, 0.25) is 0 Å². The Labute approximate surface area is 133 Å². The maximum Gasteiger partial charge on any atom is 0.127 e. The summed E-state index contributed by atoms with van der Waals surface area (Å²) in [5.74, 6) is -0.153. The van der Waals surface area contributed by atoms with Crippen molar-refractivity contribution in [1.29, 1.82) is 0 Å². The number of hydrogen-bond acceptors (Lipinski definition) is 2. The minimum absolute atomic E-state index is 0.0244. The van der Waals surface area contributed by atoms with Crippen molar-refractivity contribution in [3.05, 3.63) is 69.9 Å². The zero-order valence-electron chi connectivity index (χ0n) is 12.1. The van der Waals surface area contributed by atoms with Crippen LogP contribution in [0, 0.1) is 5.82 Å². The Morgan fingerprint density at radius 2 is 1.81 bits per heavy atom. The number of benzene rings is 2. The molecule has 21 heavy (non-hydrogen) atoms. The fourth-order valence-corrected chi connectivity index (χ4v) is 2.87. The van der Waals surface area contributed by atoms with Crippen molar-refractivity contribution in [2.45, 2.75) is 19.0 Å². The second kappa shape index (κ2) is 7.69. The molecule has 0 saturated heterocycles. The predicted molar refractivity (Wildman–Crippen MR) is 88.4 cm³/mol. The molecule has 0 radical (unpaired) electrons. The number of halogens is 2. The Hall–Kier alpha value is -1.23. The van der Waals surface area contributed by atoms with E-state index >= 15 is 0 Å². The second-order valence-corrected chi connectivity index (χ2v) is 6.10. The molecule has 0 spiro atoms. The second-order valence-electron chi connectivity index (χ2n) is 5.25. The zero-order chi connectivity index (χ0) is 15.2. The van der Waals surface area contributed by atoms with Crippen LogP contribution in [-0.2, 0) is 6.54 Å². The molecule has 0 aliphatic carbocycles. The lowest BCUT2D eigenvalue weighted by Crippen LogP contribution is -2.24. The topological polar surface area (TPSA) is 29.3 Å². The van der Waals surface area contributed by atoms with Crippen LogP contribution < -0.4 is 5.73 Å². The molecule has 0 bridgehead atoms. The molecule has 4 heteroatoms. The molecule has 0 aromatic heterocycles. The number of nitrogens with zero attached hydrogens (tertiary/aromatic N) is 1. The lowest BCUT2D eigenvalue weighted by Gasteiger charge is -2.20. The van der Waals surface area contributed by atoms with Crippen LogP contribution in [0.5, 0.6) is 0 Å². The molecule has 112 valence electrons. The monoisotopic (exact) mass is 350 g/mol. The van der Waals surface area contributed by atoms with Crippen LogP contribution in [-0.4, -0.2) is 18.5 Å². The highest BCUT2D eigenvalue weighted by Gasteiger charge is 2.11. The number of rotatable bonds is 6. The fourth-order valence-electron chi connectivity index (χ4n) is 2.29. The summed E-state index contributed by atoms with van der Waals surface area (Å²) in [6, 6.07) is 14.9. The first-order chi connectivity index (χ1) is 10.1. The fraction of sp³-hybridized carbons (Fsp3) is 0.294. The molecule has 0 saturated carbocycles. The van der Waals surface area contributed by atoms with Crippen molar-refractivity contribution < 1.29 is 4.39 Å². The molecule has 0 fully saturated rings. The predicted octanol–water partition coefficient (Wildman–Crippen LogP) is 4.11. The summed E-state index contributed by atoms with van der Waals surface area (Å²) in [4.78, 5) is 2.09. The van der Waals surface area contributed by atoms with Gasteiger partial charge in [-0.05, 0) is 37.7 Å². The molecular weight excluding hydrogens is 331 g/mol. The first kappa shape index (κ1) is 16.1. The van der Waals surface area contributed by atoms with Gasteiger partial charge in [0.05, 0.1) is 0 Å². The van der Waals surface area contributed by atoms with Crippen LogP contribution in [0.4, 0.5) is 4.39 Å². The van der Waals surface area contributed by atoms with Gasteiger partial charge in [-0.15, -0.1) is 0 Å². The Bertz CT molecular complexity index is 589. The third kappa shape index (κ3) is 4.63. The van der Waals surface area contributed by atoms with Gasteiger partial charge in [-0.2, -0.15) is 0 Å². The van der Waals surface area contributed by atoms with Crippen molar-refractivity contribution in [2.75, 3.05) is 13.6 Å². The van der Waals surface area contributed by atoms with E-state index in [9.17, 15) is 4.39 Å². The first-order valence-electron chi connectivity index (χ1n) is 7.00. The van der Waals surface area contributed by atoms with E-state index < -0.39 is 0 Å². The zero-order valence-corrected chi connectivity index (χ0v) is 13.7. The Kier molecular flexibility index (Phi) is 5.91. The smallest absolute Gasteiger partial charge is 0.127 e. The van der Waals surface area contributed by atoms with Crippen LogP contribution in [0.1, 0.15) is 23.6 Å². The van der Waals surface area contributed by atoms with Gasteiger partial charge in [0.15, 0.2) is 0 Å². The minimum Gasteiger partial charge on any atom is -0.324 e. The van der Waals surface area contributed by atoms with Gasteiger partial charge >= 0.3 is 0 Å². The summed E-state index contributed by atoms with van der Waals surface area (Å²) in [5.41, 5.74) is 8.06. The molecule has 0 amide bonds. The largest absolute Gasteiger partial charge is 0.324 e. The SMILES string of the molecule is CN(CCC(N)c1ccccc1Br)Cc1ccccc1F. The van der Waals surface area contributed by atoms with Gasteiger partial charge in [0, 0.05) is 22.6 Å². The van der Waals surface area contributed by atoms with Crippen LogP contribution >= 0.6 is 15.9 Å². The van der Waals surface area contributed by atoms with Gasteiger partial charge < -0.3 is 10.6 Å². The molecule has 0 aliphatic rings.